The largest absolute Gasteiger partial charge is 0.393 e. The fourth-order valence-electron chi connectivity index (χ4n) is 7.07. The average molecular weight is 707 g/mol. The predicted molar refractivity (Wildman–Crippen MR) is 188 cm³/mol. The van der Waals surface area contributed by atoms with Gasteiger partial charge in [0, 0.05) is 93.0 Å². The molecule has 262 valence electrons. The van der Waals surface area contributed by atoms with Crippen LogP contribution in [0.1, 0.15) is 41.5 Å². The van der Waals surface area contributed by atoms with Gasteiger partial charge in [-0.3, -0.25) is 9.80 Å². The normalized spacial score (nSPS) is 18.6. The van der Waals surface area contributed by atoms with Crippen LogP contribution >= 0.6 is 11.3 Å². The van der Waals surface area contributed by atoms with E-state index < -0.39 is 22.6 Å². The van der Waals surface area contributed by atoms with E-state index in [4.69, 9.17) is 0 Å². The highest BCUT2D eigenvalue weighted by Gasteiger charge is 2.30. The molecule has 2 fully saturated rings. The summed E-state index contributed by atoms with van der Waals surface area (Å²) in [5, 5.41) is 8.36. The molecule has 48 heavy (non-hydrogen) atoms. The Balaban J connectivity index is 1.08. The Morgan fingerprint density at radius 1 is 1.02 bits per heavy atom. The first-order valence-electron chi connectivity index (χ1n) is 16.5. The molecular weight excluding hydrogens is 662 g/mol. The van der Waals surface area contributed by atoms with Gasteiger partial charge in [0.1, 0.15) is 10.6 Å². The minimum Gasteiger partial charge on any atom is -0.367 e. The van der Waals surface area contributed by atoms with Crippen molar-refractivity contribution in [3.63, 3.8) is 0 Å². The summed E-state index contributed by atoms with van der Waals surface area (Å²) in [4.78, 5) is 14.6. The minimum absolute atomic E-state index is 0.159. The third-order valence-corrected chi connectivity index (χ3v) is 12.2. The molecule has 0 radical (unpaired) electrons. The standard InChI is InChI=1S/C33H45F3N8O2S2/c1-21-16-27-23(3)24(6-7-29(27)44(21)19-22(2)42-12-14-43(15-13-42)48(5,45)46)20-41-10-8-25(9-11-41)38-30-28-17-26(18-33(34,35)36)47-31(28)40-32(37-4)39-30/h6-7,16-17,22,25H,8-15,18-20H2,1-5H3,(H2,37,38,39,40)/t22-/m0/s1. The lowest BCUT2D eigenvalue weighted by molar-refractivity contribution is -0.126. The van der Waals surface area contributed by atoms with Gasteiger partial charge in [0.05, 0.1) is 18.1 Å². The van der Waals surface area contributed by atoms with Crippen molar-refractivity contribution in [3.8, 4) is 0 Å². The molecule has 0 unspecified atom stereocenters. The summed E-state index contributed by atoms with van der Waals surface area (Å²) in [7, 11) is -1.44. The Bertz CT molecular complexity index is 1880. The van der Waals surface area contributed by atoms with E-state index in [0.717, 1.165) is 63.4 Å². The van der Waals surface area contributed by atoms with Crippen LogP contribution in [0.3, 0.4) is 0 Å². The number of alkyl halides is 3. The Hall–Kier alpha value is -2.98. The van der Waals surface area contributed by atoms with Crippen LogP contribution in [0.15, 0.2) is 24.3 Å². The van der Waals surface area contributed by atoms with Crippen LogP contribution in [0.5, 0.6) is 0 Å². The van der Waals surface area contributed by atoms with E-state index in [9.17, 15) is 21.6 Å². The Morgan fingerprint density at radius 2 is 1.73 bits per heavy atom. The number of fused-ring (bicyclic) bond motifs is 2. The second-order valence-electron chi connectivity index (χ2n) is 13.3. The SMILES string of the molecule is CNc1nc(NC2CCN(Cc3ccc4c(cc(C)n4C[C@H](C)N4CCN(S(C)(=O)=O)CC4)c3C)CC2)c2cc(CC(F)(F)F)sc2n1. The molecule has 0 spiro atoms. The molecule has 4 aromatic rings. The van der Waals surface area contributed by atoms with Crippen molar-refractivity contribution in [2.24, 2.45) is 0 Å². The lowest BCUT2D eigenvalue weighted by Crippen LogP contribution is -2.51. The molecule has 0 amide bonds. The van der Waals surface area contributed by atoms with Crippen LogP contribution in [0.2, 0.25) is 0 Å². The highest BCUT2D eigenvalue weighted by atomic mass is 32.2. The van der Waals surface area contributed by atoms with Gasteiger partial charge in [0.25, 0.3) is 0 Å². The highest BCUT2D eigenvalue weighted by Crippen LogP contribution is 2.35. The van der Waals surface area contributed by atoms with E-state index in [1.807, 2.05) is 0 Å². The van der Waals surface area contributed by atoms with Gasteiger partial charge < -0.3 is 15.2 Å². The molecule has 0 saturated carbocycles. The number of likely N-dealkylation sites (tertiary alicyclic amines) is 1. The molecule has 1 atom stereocenters. The smallest absolute Gasteiger partial charge is 0.367 e. The molecule has 0 aliphatic carbocycles. The first-order chi connectivity index (χ1) is 22.7. The molecule has 15 heteroatoms. The second kappa shape index (κ2) is 13.7. The van der Waals surface area contributed by atoms with Crippen LogP contribution in [-0.2, 0) is 29.5 Å². The summed E-state index contributed by atoms with van der Waals surface area (Å²) in [5.41, 5.74) is 5.04. The van der Waals surface area contributed by atoms with Gasteiger partial charge in [-0.2, -0.15) is 22.5 Å². The Morgan fingerprint density at radius 3 is 2.38 bits per heavy atom. The van der Waals surface area contributed by atoms with Crippen molar-refractivity contribution in [3.05, 3.63) is 46.0 Å². The zero-order valence-electron chi connectivity index (χ0n) is 28.2. The molecule has 1 aromatic carbocycles. The van der Waals surface area contributed by atoms with E-state index in [-0.39, 0.29) is 17.0 Å². The monoisotopic (exact) mass is 706 g/mol. The third kappa shape index (κ3) is 7.75. The number of aromatic nitrogens is 3. The zero-order valence-corrected chi connectivity index (χ0v) is 29.8. The number of piperazine rings is 1. The fourth-order valence-corrected chi connectivity index (χ4v) is 8.96. The molecule has 6 rings (SSSR count). The van der Waals surface area contributed by atoms with Crippen LogP contribution in [0.25, 0.3) is 21.1 Å². The number of nitrogens with one attached hydrogen (secondary N) is 2. The first kappa shape index (κ1) is 34.9. The summed E-state index contributed by atoms with van der Waals surface area (Å²) < 4.78 is 67.0. The number of hydrogen-bond acceptors (Lipinski definition) is 9. The Labute approximate surface area is 284 Å². The molecule has 2 aliphatic rings. The van der Waals surface area contributed by atoms with Gasteiger partial charge in [-0.1, -0.05) is 6.07 Å². The van der Waals surface area contributed by atoms with Crippen LogP contribution in [0, 0.1) is 13.8 Å². The summed E-state index contributed by atoms with van der Waals surface area (Å²) in [5.74, 6) is 0.971. The number of anilines is 2. The highest BCUT2D eigenvalue weighted by molar-refractivity contribution is 7.88. The minimum atomic E-state index is -4.27. The molecule has 2 saturated heterocycles. The summed E-state index contributed by atoms with van der Waals surface area (Å²) in [6.07, 6.45) is -2.17. The summed E-state index contributed by atoms with van der Waals surface area (Å²) in [6.45, 7) is 12.6. The van der Waals surface area contributed by atoms with E-state index in [1.54, 1.807) is 17.4 Å². The number of halogens is 3. The first-order valence-corrected chi connectivity index (χ1v) is 19.2. The van der Waals surface area contributed by atoms with Gasteiger partial charge >= 0.3 is 6.18 Å². The molecule has 0 bridgehead atoms. The average Bonchev–Trinajstić information content (AvgIpc) is 3.58. The number of thiophene rings is 1. The molecule has 5 heterocycles. The van der Waals surface area contributed by atoms with Crippen molar-refractivity contribution in [2.75, 3.05) is 63.2 Å². The maximum atomic E-state index is 13.1. The number of aryl methyl sites for hydroxylation is 2. The van der Waals surface area contributed by atoms with Gasteiger partial charge in [0.2, 0.25) is 16.0 Å². The van der Waals surface area contributed by atoms with Crippen molar-refractivity contribution in [2.45, 2.75) is 71.4 Å². The lowest BCUT2D eigenvalue weighted by Gasteiger charge is -2.37. The van der Waals surface area contributed by atoms with E-state index in [2.05, 4.69) is 73.9 Å². The number of hydrogen-bond donors (Lipinski definition) is 2. The van der Waals surface area contributed by atoms with E-state index in [0.29, 0.717) is 35.1 Å². The third-order valence-electron chi connectivity index (χ3n) is 9.85. The Kier molecular flexibility index (Phi) is 9.98. The van der Waals surface area contributed by atoms with E-state index in [1.165, 1.54) is 34.0 Å². The van der Waals surface area contributed by atoms with Gasteiger partial charge in [-0.25, -0.2) is 13.4 Å². The van der Waals surface area contributed by atoms with Crippen LogP contribution in [-0.4, -0.2) is 108 Å². The fraction of sp³-hybridized carbons (Fsp3) is 0.576. The van der Waals surface area contributed by atoms with Crippen LogP contribution < -0.4 is 10.6 Å². The van der Waals surface area contributed by atoms with Gasteiger partial charge in [-0.05, 0) is 62.9 Å². The lowest BCUT2D eigenvalue weighted by atomic mass is 10.0. The number of sulfonamides is 1. The molecule has 3 aromatic heterocycles. The second-order valence-corrected chi connectivity index (χ2v) is 16.4. The quantitative estimate of drug-likeness (QED) is 0.225. The maximum absolute atomic E-state index is 13.1. The van der Waals surface area contributed by atoms with Gasteiger partial charge in [0.15, 0.2) is 0 Å². The summed E-state index contributed by atoms with van der Waals surface area (Å²) >= 11 is 1.06. The predicted octanol–water partition coefficient (Wildman–Crippen LogP) is 5.45. The molecule has 2 N–H and O–H groups in total. The molecule has 10 nitrogen and oxygen atoms in total. The number of benzene rings is 1. The van der Waals surface area contributed by atoms with Gasteiger partial charge in [-0.15, -0.1) is 11.3 Å². The zero-order chi connectivity index (χ0) is 34.4. The topological polar surface area (TPSA) is 98.6 Å². The van der Waals surface area contributed by atoms with Crippen molar-refractivity contribution in [1.82, 2.24) is 28.6 Å². The van der Waals surface area contributed by atoms with Crippen molar-refractivity contribution < 1.29 is 21.6 Å². The van der Waals surface area contributed by atoms with Crippen molar-refractivity contribution in [1.29, 1.82) is 0 Å². The van der Waals surface area contributed by atoms with Crippen molar-refractivity contribution >= 4 is 54.2 Å². The summed E-state index contributed by atoms with van der Waals surface area (Å²) in [6, 6.07) is 8.78. The number of rotatable bonds is 10. The maximum Gasteiger partial charge on any atom is 0.393 e. The van der Waals surface area contributed by atoms with E-state index >= 15 is 0 Å². The van der Waals surface area contributed by atoms with Crippen LogP contribution in [0.4, 0.5) is 24.9 Å². The number of piperidine rings is 1. The molecule has 2 aliphatic heterocycles. The molecular formula is C33H45F3N8O2S2. The number of nitrogens with zero attached hydrogens (tertiary/aromatic N) is 6.